The topological polar surface area (TPSA) is 83.6 Å². The minimum absolute atomic E-state index is 0.0425. The molecule has 6 heteroatoms. The Kier molecular flexibility index (Phi) is 5.03. The van der Waals surface area contributed by atoms with Gasteiger partial charge in [-0.25, -0.2) is 4.79 Å². The fourth-order valence-electron chi connectivity index (χ4n) is 1.48. The first-order valence-corrected chi connectivity index (χ1v) is 6.75. The highest BCUT2D eigenvalue weighted by molar-refractivity contribution is 7.98. The number of hydrogen-bond acceptors (Lipinski definition) is 4. The van der Waals surface area contributed by atoms with E-state index in [4.69, 9.17) is 10.8 Å². The van der Waals surface area contributed by atoms with E-state index in [9.17, 15) is 9.59 Å². The van der Waals surface area contributed by atoms with Crippen LogP contribution in [0.4, 0.5) is 11.4 Å². The molecule has 1 rings (SSSR count). The first-order valence-electron chi connectivity index (χ1n) is 5.35. The highest BCUT2D eigenvalue weighted by Gasteiger charge is 2.14. The van der Waals surface area contributed by atoms with Gasteiger partial charge in [0.05, 0.1) is 16.9 Å². The number of anilines is 2. The Morgan fingerprint density at radius 1 is 1.44 bits per heavy atom. The van der Waals surface area contributed by atoms with Crippen LogP contribution in [0.1, 0.15) is 16.8 Å². The molecule has 0 aromatic heterocycles. The van der Waals surface area contributed by atoms with E-state index in [0.717, 1.165) is 5.75 Å². The van der Waals surface area contributed by atoms with E-state index >= 15 is 0 Å². The molecular formula is C12H16N2O3S. The first-order chi connectivity index (χ1) is 8.47. The van der Waals surface area contributed by atoms with Crippen LogP contribution >= 0.6 is 11.8 Å². The van der Waals surface area contributed by atoms with Crippen LogP contribution in [0.15, 0.2) is 18.2 Å². The molecule has 0 saturated carbocycles. The van der Waals surface area contributed by atoms with Crippen LogP contribution in [0.5, 0.6) is 0 Å². The zero-order chi connectivity index (χ0) is 13.7. The predicted molar refractivity (Wildman–Crippen MR) is 74.2 cm³/mol. The van der Waals surface area contributed by atoms with Gasteiger partial charge in [-0.05, 0) is 24.5 Å². The smallest absolute Gasteiger partial charge is 0.335 e. The molecule has 3 N–H and O–H groups in total. The number of nitrogens with zero attached hydrogens (tertiary/aromatic N) is 1. The zero-order valence-electron chi connectivity index (χ0n) is 10.3. The number of carbonyl (C=O) groups is 2. The van der Waals surface area contributed by atoms with Gasteiger partial charge in [-0.15, -0.1) is 0 Å². The molecule has 1 aromatic carbocycles. The van der Waals surface area contributed by atoms with Gasteiger partial charge in [0, 0.05) is 19.2 Å². The Morgan fingerprint density at radius 3 is 2.61 bits per heavy atom. The van der Waals surface area contributed by atoms with Crippen molar-refractivity contribution in [3.8, 4) is 0 Å². The summed E-state index contributed by atoms with van der Waals surface area (Å²) in [4.78, 5) is 24.0. The first kappa shape index (κ1) is 14.4. The molecule has 0 atom stereocenters. The molecule has 0 aliphatic carbocycles. The van der Waals surface area contributed by atoms with Crippen molar-refractivity contribution in [3.63, 3.8) is 0 Å². The second-order valence-corrected chi connectivity index (χ2v) is 4.76. The van der Waals surface area contributed by atoms with Crippen molar-refractivity contribution >= 4 is 35.0 Å². The number of aromatic carboxylic acids is 1. The molecule has 0 aliphatic heterocycles. The number of carbonyl (C=O) groups excluding carboxylic acids is 1. The van der Waals surface area contributed by atoms with Gasteiger partial charge >= 0.3 is 5.97 Å². The summed E-state index contributed by atoms with van der Waals surface area (Å²) in [5.74, 6) is -0.334. The third kappa shape index (κ3) is 3.40. The van der Waals surface area contributed by atoms with E-state index in [-0.39, 0.29) is 17.2 Å². The number of thioether (sulfide) groups is 1. The minimum atomic E-state index is -1.04. The van der Waals surface area contributed by atoms with Crippen molar-refractivity contribution < 1.29 is 14.7 Å². The standard InChI is InChI=1S/C12H16N2O3S/c1-14(11(15)5-6-18-2)10-4-3-8(12(16)17)7-9(10)13/h3-4,7H,5-6,13H2,1-2H3,(H,16,17). The fourth-order valence-corrected chi connectivity index (χ4v) is 1.86. The Labute approximate surface area is 110 Å². The van der Waals surface area contributed by atoms with Crippen molar-refractivity contribution in [3.05, 3.63) is 23.8 Å². The van der Waals surface area contributed by atoms with E-state index in [1.54, 1.807) is 24.9 Å². The molecule has 0 bridgehead atoms. The van der Waals surface area contributed by atoms with Crippen molar-refractivity contribution in [2.45, 2.75) is 6.42 Å². The maximum atomic E-state index is 11.8. The van der Waals surface area contributed by atoms with Gasteiger partial charge in [0.15, 0.2) is 0 Å². The van der Waals surface area contributed by atoms with Crippen LogP contribution in [0, 0.1) is 0 Å². The van der Waals surface area contributed by atoms with Gasteiger partial charge < -0.3 is 15.7 Å². The summed E-state index contributed by atoms with van der Waals surface area (Å²) < 4.78 is 0. The van der Waals surface area contributed by atoms with Gasteiger partial charge in [0.1, 0.15) is 0 Å². The van der Waals surface area contributed by atoms with Crippen LogP contribution in [0.2, 0.25) is 0 Å². The zero-order valence-corrected chi connectivity index (χ0v) is 11.2. The molecule has 0 heterocycles. The van der Waals surface area contributed by atoms with Crippen LogP contribution < -0.4 is 10.6 Å². The van der Waals surface area contributed by atoms with Crippen LogP contribution in [-0.4, -0.2) is 36.0 Å². The molecular weight excluding hydrogens is 252 g/mol. The Balaban J connectivity index is 2.89. The number of nitrogen functional groups attached to an aromatic ring is 1. The molecule has 0 fully saturated rings. The molecule has 5 nitrogen and oxygen atoms in total. The van der Waals surface area contributed by atoms with Crippen molar-refractivity contribution in [2.75, 3.05) is 29.7 Å². The number of carboxylic acids is 1. The summed E-state index contributed by atoms with van der Waals surface area (Å²) in [6, 6.07) is 4.35. The summed E-state index contributed by atoms with van der Waals surface area (Å²) in [5.41, 5.74) is 6.70. The molecule has 98 valence electrons. The Hall–Kier alpha value is -1.69. The number of carboxylic acid groups (broad SMARTS) is 1. The van der Waals surface area contributed by atoms with E-state index in [1.807, 2.05) is 6.26 Å². The third-order valence-electron chi connectivity index (χ3n) is 2.53. The largest absolute Gasteiger partial charge is 0.478 e. The van der Waals surface area contributed by atoms with Gasteiger partial charge in [-0.1, -0.05) is 0 Å². The molecule has 0 saturated heterocycles. The van der Waals surface area contributed by atoms with Crippen molar-refractivity contribution in [1.82, 2.24) is 0 Å². The number of benzene rings is 1. The lowest BCUT2D eigenvalue weighted by Gasteiger charge is -2.19. The number of nitrogens with two attached hydrogens (primary N) is 1. The fraction of sp³-hybridized carbons (Fsp3) is 0.333. The SMILES string of the molecule is CSCCC(=O)N(C)c1ccc(C(=O)O)cc1N. The second kappa shape index (κ2) is 6.30. The number of rotatable bonds is 5. The second-order valence-electron chi connectivity index (χ2n) is 3.77. The summed E-state index contributed by atoms with van der Waals surface area (Å²) in [7, 11) is 1.63. The van der Waals surface area contributed by atoms with Crippen molar-refractivity contribution in [1.29, 1.82) is 0 Å². The van der Waals surface area contributed by atoms with Crippen LogP contribution in [-0.2, 0) is 4.79 Å². The normalized spacial score (nSPS) is 10.1. The van der Waals surface area contributed by atoms with Crippen LogP contribution in [0.3, 0.4) is 0 Å². The van der Waals surface area contributed by atoms with Gasteiger partial charge in [-0.2, -0.15) is 11.8 Å². The lowest BCUT2D eigenvalue weighted by atomic mass is 10.1. The average molecular weight is 268 g/mol. The molecule has 1 aromatic rings. The lowest BCUT2D eigenvalue weighted by molar-refractivity contribution is -0.117. The van der Waals surface area contributed by atoms with E-state index in [2.05, 4.69) is 0 Å². The minimum Gasteiger partial charge on any atom is -0.478 e. The van der Waals surface area contributed by atoms with E-state index in [1.165, 1.54) is 17.0 Å². The van der Waals surface area contributed by atoms with Gasteiger partial charge in [0.2, 0.25) is 5.91 Å². The highest BCUT2D eigenvalue weighted by Crippen LogP contribution is 2.24. The van der Waals surface area contributed by atoms with Crippen LogP contribution in [0.25, 0.3) is 0 Å². The van der Waals surface area contributed by atoms with Gasteiger partial charge in [-0.3, -0.25) is 4.79 Å². The predicted octanol–water partition coefficient (Wildman–Crippen LogP) is 1.68. The van der Waals surface area contributed by atoms with E-state index in [0.29, 0.717) is 12.1 Å². The average Bonchev–Trinajstić information content (AvgIpc) is 2.34. The molecule has 18 heavy (non-hydrogen) atoms. The number of amides is 1. The molecule has 0 radical (unpaired) electrons. The Bertz CT molecular complexity index is 463. The number of hydrogen-bond donors (Lipinski definition) is 2. The monoisotopic (exact) mass is 268 g/mol. The third-order valence-corrected chi connectivity index (χ3v) is 3.14. The maximum Gasteiger partial charge on any atom is 0.335 e. The summed E-state index contributed by atoms with van der Waals surface area (Å²) in [6.07, 6.45) is 2.36. The quantitative estimate of drug-likeness (QED) is 0.794. The van der Waals surface area contributed by atoms with Crippen molar-refractivity contribution in [2.24, 2.45) is 0 Å². The molecule has 0 spiro atoms. The molecule has 0 unspecified atom stereocenters. The summed E-state index contributed by atoms with van der Waals surface area (Å²) >= 11 is 1.60. The summed E-state index contributed by atoms with van der Waals surface area (Å²) in [6.45, 7) is 0. The lowest BCUT2D eigenvalue weighted by Crippen LogP contribution is -2.27. The van der Waals surface area contributed by atoms with Gasteiger partial charge in [0.25, 0.3) is 0 Å². The Morgan fingerprint density at radius 2 is 2.11 bits per heavy atom. The highest BCUT2D eigenvalue weighted by atomic mass is 32.2. The molecule has 1 amide bonds. The molecule has 0 aliphatic rings. The summed E-state index contributed by atoms with van der Waals surface area (Å²) in [5, 5.41) is 8.83. The maximum absolute atomic E-state index is 11.8. The van der Waals surface area contributed by atoms with E-state index < -0.39 is 5.97 Å².